The molecule has 0 heterocycles. The standard InChI is InChI=1S/C19H20ClN/c1-19(2,3)18(15-7-5-4-6-8-15)17(13-21)14-9-11-16(20)12-10-14/h4-12,17-18H,1-3H3/t17-,18+/m0/s1. The van der Waals surface area contributed by atoms with E-state index in [0.717, 1.165) is 5.56 Å². The number of hydrogen-bond acceptors (Lipinski definition) is 1. The summed E-state index contributed by atoms with van der Waals surface area (Å²) < 4.78 is 0. The van der Waals surface area contributed by atoms with E-state index in [1.54, 1.807) is 0 Å². The smallest absolute Gasteiger partial charge is 0.0786 e. The van der Waals surface area contributed by atoms with Gasteiger partial charge in [0.2, 0.25) is 0 Å². The molecule has 0 aliphatic carbocycles. The lowest BCUT2D eigenvalue weighted by Crippen LogP contribution is -2.24. The number of nitrogens with zero attached hydrogens (tertiary/aromatic N) is 1. The molecule has 0 N–H and O–H groups in total. The van der Waals surface area contributed by atoms with Gasteiger partial charge in [0, 0.05) is 10.9 Å². The van der Waals surface area contributed by atoms with Gasteiger partial charge in [0.1, 0.15) is 0 Å². The summed E-state index contributed by atoms with van der Waals surface area (Å²) in [6.07, 6.45) is 0. The molecule has 2 aromatic rings. The van der Waals surface area contributed by atoms with Crippen LogP contribution in [0.1, 0.15) is 43.7 Å². The largest absolute Gasteiger partial charge is 0.198 e. The van der Waals surface area contributed by atoms with Crippen molar-refractivity contribution >= 4 is 11.6 Å². The van der Waals surface area contributed by atoms with Gasteiger partial charge in [0.15, 0.2) is 0 Å². The summed E-state index contributed by atoms with van der Waals surface area (Å²) in [6, 6.07) is 20.4. The van der Waals surface area contributed by atoms with E-state index in [4.69, 9.17) is 11.6 Å². The SMILES string of the molecule is CC(C)(C)[C@H](c1ccccc1)[C@@H](C#N)c1ccc(Cl)cc1. The summed E-state index contributed by atoms with van der Waals surface area (Å²) in [5.41, 5.74) is 2.21. The predicted molar refractivity (Wildman–Crippen MR) is 88.4 cm³/mol. The van der Waals surface area contributed by atoms with Crippen molar-refractivity contribution in [1.29, 1.82) is 5.26 Å². The van der Waals surface area contributed by atoms with Crippen LogP contribution in [-0.4, -0.2) is 0 Å². The Morgan fingerprint density at radius 3 is 1.95 bits per heavy atom. The molecule has 0 saturated heterocycles. The molecule has 2 rings (SSSR count). The Morgan fingerprint density at radius 1 is 0.905 bits per heavy atom. The Morgan fingerprint density at radius 2 is 1.48 bits per heavy atom. The summed E-state index contributed by atoms with van der Waals surface area (Å²) in [5, 5.41) is 10.5. The van der Waals surface area contributed by atoms with Crippen LogP contribution in [0.4, 0.5) is 0 Å². The Labute approximate surface area is 132 Å². The highest BCUT2D eigenvalue weighted by atomic mass is 35.5. The molecule has 0 fully saturated rings. The molecule has 0 unspecified atom stereocenters. The van der Waals surface area contributed by atoms with E-state index < -0.39 is 0 Å². The van der Waals surface area contributed by atoms with Gasteiger partial charge in [-0.3, -0.25) is 0 Å². The minimum atomic E-state index is -0.190. The maximum Gasteiger partial charge on any atom is 0.0786 e. The molecule has 0 aliphatic heterocycles. The van der Waals surface area contributed by atoms with Crippen molar-refractivity contribution in [2.45, 2.75) is 32.6 Å². The van der Waals surface area contributed by atoms with Gasteiger partial charge in [0.05, 0.1) is 12.0 Å². The van der Waals surface area contributed by atoms with E-state index in [1.807, 2.05) is 42.5 Å². The van der Waals surface area contributed by atoms with Gasteiger partial charge in [-0.05, 0) is 28.7 Å². The molecule has 1 nitrogen and oxygen atoms in total. The highest BCUT2D eigenvalue weighted by Crippen LogP contribution is 2.45. The molecule has 2 atom stereocenters. The minimum absolute atomic E-state index is 0.0125. The average Bonchev–Trinajstić information content (AvgIpc) is 2.45. The average molecular weight is 298 g/mol. The molecule has 0 spiro atoms. The van der Waals surface area contributed by atoms with Crippen molar-refractivity contribution in [2.75, 3.05) is 0 Å². The summed E-state index contributed by atoms with van der Waals surface area (Å²) >= 11 is 5.96. The topological polar surface area (TPSA) is 23.8 Å². The highest BCUT2D eigenvalue weighted by Gasteiger charge is 2.34. The lowest BCUT2D eigenvalue weighted by molar-refractivity contribution is 0.302. The first-order valence-electron chi connectivity index (χ1n) is 7.13. The molecule has 0 bridgehead atoms. The molecule has 0 aliphatic rings. The Balaban J connectivity index is 2.49. The second-order valence-corrected chi connectivity index (χ2v) is 6.85. The zero-order valence-corrected chi connectivity index (χ0v) is 13.4. The molecule has 0 amide bonds. The maximum absolute atomic E-state index is 9.76. The van der Waals surface area contributed by atoms with E-state index in [2.05, 4.69) is 39.0 Å². The van der Waals surface area contributed by atoms with Crippen LogP contribution in [0, 0.1) is 16.7 Å². The fourth-order valence-electron chi connectivity index (χ4n) is 2.86. The quantitative estimate of drug-likeness (QED) is 0.704. The first-order valence-corrected chi connectivity index (χ1v) is 7.51. The van der Waals surface area contributed by atoms with Crippen molar-refractivity contribution in [3.63, 3.8) is 0 Å². The fourth-order valence-corrected chi connectivity index (χ4v) is 2.99. The summed E-state index contributed by atoms with van der Waals surface area (Å²) in [7, 11) is 0. The molecule has 0 aromatic heterocycles. The van der Waals surface area contributed by atoms with E-state index in [0.29, 0.717) is 5.02 Å². The normalized spacial score (nSPS) is 14.2. The van der Waals surface area contributed by atoms with Gasteiger partial charge in [-0.2, -0.15) is 5.26 Å². The molecule has 2 aromatic carbocycles. The lowest BCUT2D eigenvalue weighted by atomic mass is 9.68. The van der Waals surface area contributed by atoms with Crippen LogP contribution in [0.2, 0.25) is 5.02 Å². The molecular weight excluding hydrogens is 278 g/mol. The number of nitriles is 1. The van der Waals surface area contributed by atoms with Crippen LogP contribution in [0.5, 0.6) is 0 Å². The summed E-state index contributed by atoms with van der Waals surface area (Å²) in [6.45, 7) is 6.56. The van der Waals surface area contributed by atoms with Crippen LogP contribution < -0.4 is 0 Å². The van der Waals surface area contributed by atoms with Gasteiger partial charge in [-0.1, -0.05) is 74.8 Å². The lowest BCUT2D eigenvalue weighted by Gasteiger charge is -2.34. The van der Waals surface area contributed by atoms with Gasteiger partial charge >= 0.3 is 0 Å². The van der Waals surface area contributed by atoms with Gasteiger partial charge in [0.25, 0.3) is 0 Å². The van der Waals surface area contributed by atoms with Gasteiger partial charge in [-0.15, -0.1) is 0 Å². The Bertz CT molecular complexity index is 617. The maximum atomic E-state index is 9.76. The molecule has 0 saturated carbocycles. The minimum Gasteiger partial charge on any atom is -0.198 e. The summed E-state index contributed by atoms with van der Waals surface area (Å²) in [5.74, 6) is -0.0606. The van der Waals surface area contributed by atoms with Gasteiger partial charge in [-0.25, -0.2) is 0 Å². The first kappa shape index (κ1) is 15.6. The molecule has 21 heavy (non-hydrogen) atoms. The second kappa shape index (κ2) is 6.33. The predicted octanol–water partition coefficient (Wildman–Crippen LogP) is 5.78. The van der Waals surface area contributed by atoms with E-state index in [1.165, 1.54) is 5.56 Å². The van der Waals surface area contributed by atoms with E-state index in [9.17, 15) is 5.26 Å². The first-order chi connectivity index (χ1) is 9.93. The Kier molecular flexibility index (Phi) is 4.70. The zero-order chi connectivity index (χ0) is 15.5. The monoisotopic (exact) mass is 297 g/mol. The van der Waals surface area contributed by atoms with Gasteiger partial charge < -0.3 is 0 Å². The molecule has 0 radical (unpaired) electrons. The molecule has 2 heteroatoms. The number of benzene rings is 2. The number of hydrogen-bond donors (Lipinski definition) is 0. The van der Waals surface area contributed by atoms with Crippen molar-refractivity contribution in [2.24, 2.45) is 5.41 Å². The van der Waals surface area contributed by atoms with E-state index in [-0.39, 0.29) is 17.3 Å². The number of halogens is 1. The fraction of sp³-hybridized carbons (Fsp3) is 0.316. The van der Waals surface area contributed by atoms with Crippen LogP contribution in [0.25, 0.3) is 0 Å². The van der Waals surface area contributed by atoms with Crippen LogP contribution in [-0.2, 0) is 0 Å². The van der Waals surface area contributed by atoms with Crippen molar-refractivity contribution in [1.82, 2.24) is 0 Å². The van der Waals surface area contributed by atoms with Crippen molar-refractivity contribution < 1.29 is 0 Å². The third kappa shape index (κ3) is 3.65. The van der Waals surface area contributed by atoms with Crippen LogP contribution in [0.15, 0.2) is 54.6 Å². The third-order valence-corrected chi connectivity index (χ3v) is 4.05. The Hall–Kier alpha value is -1.78. The number of rotatable bonds is 3. The van der Waals surface area contributed by atoms with E-state index >= 15 is 0 Å². The zero-order valence-electron chi connectivity index (χ0n) is 12.7. The van der Waals surface area contributed by atoms with Crippen molar-refractivity contribution in [3.05, 3.63) is 70.7 Å². The third-order valence-electron chi connectivity index (χ3n) is 3.79. The van der Waals surface area contributed by atoms with Crippen LogP contribution in [0.3, 0.4) is 0 Å². The second-order valence-electron chi connectivity index (χ2n) is 6.41. The summed E-state index contributed by atoms with van der Waals surface area (Å²) in [4.78, 5) is 0. The molecule has 108 valence electrons. The van der Waals surface area contributed by atoms with Crippen molar-refractivity contribution in [3.8, 4) is 6.07 Å². The molecular formula is C19H20ClN. The highest BCUT2D eigenvalue weighted by molar-refractivity contribution is 6.30. The van der Waals surface area contributed by atoms with Crippen LogP contribution >= 0.6 is 11.6 Å².